The molecule has 3 N–H and O–H groups in total. The minimum absolute atomic E-state index is 0.0307. The summed E-state index contributed by atoms with van der Waals surface area (Å²) in [7, 11) is 0. The number of amides is 1. The van der Waals surface area contributed by atoms with Crippen LogP contribution in [0, 0.1) is 6.92 Å². The summed E-state index contributed by atoms with van der Waals surface area (Å²) in [5, 5.41) is 15.8. The lowest BCUT2D eigenvalue weighted by atomic mass is 9.97. The number of hydrogen-bond donors (Lipinski definition) is 3. The highest BCUT2D eigenvalue weighted by molar-refractivity contribution is 6.06. The lowest BCUT2D eigenvalue weighted by molar-refractivity contribution is 0.102. The highest BCUT2D eigenvalue weighted by atomic mass is 16.3. The summed E-state index contributed by atoms with van der Waals surface area (Å²) in [4.78, 5) is 16.6. The Kier molecular flexibility index (Phi) is 3.48. The molecular formula is C16H17N3O2. The zero-order valence-electron chi connectivity index (χ0n) is 11.8. The SMILES string of the molecule is Cc1ccc(O)c(NC(=O)c2cccc3c2CCCN3)n1. The number of pyridine rings is 1. The second-order valence-corrected chi connectivity index (χ2v) is 5.14. The van der Waals surface area contributed by atoms with Crippen LogP contribution in [0.3, 0.4) is 0 Å². The van der Waals surface area contributed by atoms with Gasteiger partial charge in [0.05, 0.1) is 0 Å². The predicted molar refractivity (Wildman–Crippen MR) is 81.8 cm³/mol. The van der Waals surface area contributed by atoms with Gasteiger partial charge in [-0.2, -0.15) is 0 Å². The van der Waals surface area contributed by atoms with Crippen LogP contribution in [0.15, 0.2) is 30.3 Å². The lowest BCUT2D eigenvalue weighted by Gasteiger charge is -2.20. The monoisotopic (exact) mass is 283 g/mol. The van der Waals surface area contributed by atoms with Crippen LogP contribution in [0.4, 0.5) is 11.5 Å². The Labute approximate surface area is 123 Å². The van der Waals surface area contributed by atoms with Crippen molar-refractivity contribution >= 4 is 17.4 Å². The Morgan fingerprint density at radius 2 is 2.19 bits per heavy atom. The number of carbonyl (C=O) groups excluding carboxylic acids is 1. The maximum absolute atomic E-state index is 12.5. The normalized spacial score (nSPS) is 13.2. The van der Waals surface area contributed by atoms with E-state index in [0.29, 0.717) is 5.56 Å². The molecule has 0 aliphatic carbocycles. The Bertz CT molecular complexity index is 698. The minimum Gasteiger partial charge on any atom is -0.504 e. The third kappa shape index (κ3) is 2.67. The van der Waals surface area contributed by atoms with Crippen LogP contribution in [0.1, 0.15) is 28.0 Å². The van der Waals surface area contributed by atoms with E-state index in [2.05, 4.69) is 15.6 Å². The fraction of sp³-hybridized carbons (Fsp3) is 0.250. The smallest absolute Gasteiger partial charge is 0.257 e. The molecule has 3 rings (SSSR count). The molecule has 0 unspecified atom stereocenters. The molecule has 1 aliphatic rings. The van der Waals surface area contributed by atoms with Gasteiger partial charge in [-0.25, -0.2) is 4.98 Å². The van der Waals surface area contributed by atoms with Crippen molar-refractivity contribution in [2.75, 3.05) is 17.2 Å². The van der Waals surface area contributed by atoms with Crippen LogP contribution in [-0.2, 0) is 6.42 Å². The van der Waals surface area contributed by atoms with Gasteiger partial charge in [-0.1, -0.05) is 6.07 Å². The standard InChI is InChI=1S/C16H17N3O2/c1-10-7-8-14(20)15(18-10)19-16(21)12-4-2-6-13-11(12)5-3-9-17-13/h2,4,6-8,17,20H,3,5,9H2,1H3,(H,18,19,21). The van der Waals surface area contributed by atoms with Crippen LogP contribution in [0.25, 0.3) is 0 Å². The summed E-state index contributed by atoms with van der Waals surface area (Å²) in [5.74, 6) is -0.0813. The first-order chi connectivity index (χ1) is 10.1. The van der Waals surface area contributed by atoms with Gasteiger partial charge in [0.1, 0.15) is 0 Å². The topological polar surface area (TPSA) is 74.2 Å². The van der Waals surface area contributed by atoms with E-state index < -0.39 is 0 Å². The number of benzene rings is 1. The molecule has 0 bridgehead atoms. The van der Waals surface area contributed by atoms with Gasteiger partial charge in [0.25, 0.3) is 5.91 Å². The predicted octanol–water partition coefficient (Wildman–Crippen LogP) is 2.71. The zero-order chi connectivity index (χ0) is 14.8. The molecule has 1 aromatic heterocycles. The second-order valence-electron chi connectivity index (χ2n) is 5.14. The molecule has 0 saturated heterocycles. The third-order valence-corrected chi connectivity index (χ3v) is 3.58. The minimum atomic E-state index is -0.246. The molecule has 0 saturated carbocycles. The molecule has 1 aromatic carbocycles. The van der Waals surface area contributed by atoms with Crippen LogP contribution in [0.2, 0.25) is 0 Å². The van der Waals surface area contributed by atoms with Crippen molar-refractivity contribution in [3.05, 3.63) is 47.2 Å². The van der Waals surface area contributed by atoms with Crippen molar-refractivity contribution in [1.82, 2.24) is 4.98 Å². The van der Waals surface area contributed by atoms with E-state index in [1.165, 1.54) is 6.07 Å². The number of fused-ring (bicyclic) bond motifs is 1. The molecular weight excluding hydrogens is 266 g/mol. The van der Waals surface area contributed by atoms with Crippen molar-refractivity contribution in [3.8, 4) is 5.75 Å². The van der Waals surface area contributed by atoms with E-state index in [1.54, 1.807) is 12.1 Å². The van der Waals surface area contributed by atoms with Crippen molar-refractivity contribution in [3.63, 3.8) is 0 Å². The molecule has 2 heterocycles. The number of hydrogen-bond acceptors (Lipinski definition) is 4. The van der Waals surface area contributed by atoms with Crippen molar-refractivity contribution in [2.45, 2.75) is 19.8 Å². The molecule has 0 atom stereocenters. The first kappa shape index (κ1) is 13.4. The number of rotatable bonds is 2. The van der Waals surface area contributed by atoms with E-state index in [4.69, 9.17) is 0 Å². The Morgan fingerprint density at radius 1 is 1.33 bits per heavy atom. The number of nitrogens with zero attached hydrogens (tertiary/aromatic N) is 1. The van der Waals surface area contributed by atoms with Crippen molar-refractivity contribution in [2.24, 2.45) is 0 Å². The van der Waals surface area contributed by atoms with Crippen molar-refractivity contribution < 1.29 is 9.90 Å². The molecule has 21 heavy (non-hydrogen) atoms. The quantitative estimate of drug-likeness (QED) is 0.792. The molecule has 0 radical (unpaired) electrons. The number of aromatic hydroxyl groups is 1. The third-order valence-electron chi connectivity index (χ3n) is 3.58. The van der Waals surface area contributed by atoms with Gasteiger partial charge in [0, 0.05) is 23.5 Å². The average molecular weight is 283 g/mol. The number of anilines is 2. The Balaban J connectivity index is 1.91. The van der Waals surface area contributed by atoms with Crippen LogP contribution in [-0.4, -0.2) is 22.5 Å². The van der Waals surface area contributed by atoms with Crippen LogP contribution < -0.4 is 10.6 Å². The summed E-state index contributed by atoms with van der Waals surface area (Å²) in [6, 6.07) is 8.86. The van der Waals surface area contributed by atoms with Gasteiger partial charge >= 0.3 is 0 Å². The fourth-order valence-electron chi connectivity index (χ4n) is 2.54. The number of aryl methyl sites for hydroxylation is 1. The summed E-state index contributed by atoms with van der Waals surface area (Å²) in [5.41, 5.74) is 3.39. The molecule has 2 aromatic rings. The van der Waals surface area contributed by atoms with Gasteiger partial charge in [0.2, 0.25) is 0 Å². The molecule has 5 nitrogen and oxygen atoms in total. The molecule has 1 aliphatic heterocycles. The number of nitrogens with one attached hydrogen (secondary N) is 2. The Hall–Kier alpha value is -2.56. The zero-order valence-corrected chi connectivity index (χ0v) is 11.8. The first-order valence-electron chi connectivity index (χ1n) is 6.99. The summed E-state index contributed by atoms with van der Waals surface area (Å²) < 4.78 is 0. The van der Waals surface area contributed by atoms with E-state index in [0.717, 1.165) is 36.3 Å². The molecule has 5 heteroatoms. The molecule has 0 spiro atoms. The number of carbonyl (C=O) groups is 1. The molecule has 1 amide bonds. The maximum Gasteiger partial charge on any atom is 0.257 e. The van der Waals surface area contributed by atoms with Gasteiger partial charge in [-0.3, -0.25) is 4.79 Å². The fourth-order valence-corrected chi connectivity index (χ4v) is 2.54. The Morgan fingerprint density at radius 3 is 3.05 bits per heavy atom. The highest BCUT2D eigenvalue weighted by Gasteiger charge is 2.18. The van der Waals surface area contributed by atoms with E-state index in [1.807, 2.05) is 19.1 Å². The summed E-state index contributed by atoms with van der Waals surface area (Å²) in [6.45, 7) is 2.74. The van der Waals surface area contributed by atoms with Crippen molar-refractivity contribution in [1.29, 1.82) is 0 Å². The first-order valence-corrected chi connectivity index (χ1v) is 6.99. The average Bonchev–Trinajstić information content (AvgIpc) is 2.50. The van der Waals surface area contributed by atoms with Gasteiger partial charge in [-0.05, 0) is 49.6 Å². The van der Waals surface area contributed by atoms with Crippen LogP contribution >= 0.6 is 0 Å². The lowest BCUT2D eigenvalue weighted by Crippen LogP contribution is -2.19. The molecule has 0 fully saturated rings. The largest absolute Gasteiger partial charge is 0.504 e. The van der Waals surface area contributed by atoms with Gasteiger partial charge < -0.3 is 15.7 Å². The van der Waals surface area contributed by atoms with Crippen LogP contribution in [0.5, 0.6) is 5.75 Å². The van der Waals surface area contributed by atoms with Gasteiger partial charge in [-0.15, -0.1) is 0 Å². The van der Waals surface area contributed by atoms with E-state index >= 15 is 0 Å². The highest BCUT2D eigenvalue weighted by Crippen LogP contribution is 2.27. The summed E-state index contributed by atoms with van der Waals surface area (Å²) >= 11 is 0. The van der Waals surface area contributed by atoms with E-state index in [-0.39, 0.29) is 17.5 Å². The summed E-state index contributed by atoms with van der Waals surface area (Å²) in [6.07, 6.45) is 1.88. The van der Waals surface area contributed by atoms with E-state index in [9.17, 15) is 9.90 Å². The number of aromatic nitrogens is 1. The molecule has 108 valence electrons. The maximum atomic E-state index is 12.5. The second kappa shape index (κ2) is 5.44. The van der Waals surface area contributed by atoms with Gasteiger partial charge in [0.15, 0.2) is 11.6 Å².